The van der Waals surface area contributed by atoms with Gasteiger partial charge in [-0.05, 0) is 42.5 Å². The Hall–Kier alpha value is -3.17. The molecule has 3 aromatic carbocycles. The zero-order valence-electron chi connectivity index (χ0n) is 15.3. The molecule has 0 spiro atoms. The summed E-state index contributed by atoms with van der Waals surface area (Å²) >= 11 is 0. The summed E-state index contributed by atoms with van der Waals surface area (Å²) in [4.78, 5) is 0.0317. The van der Waals surface area contributed by atoms with Crippen molar-refractivity contribution >= 4 is 36.5 Å². The van der Waals surface area contributed by atoms with Crippen LogP contribution in [0, 0.1) is 0 Å². The minimum Gasteiger partial charge on any atom is -0.280 e. The van der Waals surface area contributed by atoms with Crippen LogP contribution in [0.2, 0.25) is 0 Å². The maximum Gasteiger partial charge on any atom is 0.261 e. The molecule has 0 unspecified atom stereocenters. The van der Waals surface area contributed by atoms with E-state index in [2.05, 4.69) is 14.9 Å². The number of aromatic nitrogens is 2. The lowest BCUT2D eigenvalue weighted by atomic mass is 10.1. The molecule has 1 heterocycles. The Labute approximate surface area is 168 Å². The molecule has 0 saturated heterocycles. The minimum absolute atomic E-state index is 0.0273. The van der Waals surface area contributed by atoms with Gasteiger partial charge >= 0.3 is 0 Å². The zero-order chi connectivity index (χ0) is 20.6. The van der Waals surface area contributed by atoms with Gasteiger partial charge in [-0.3, -0.25) is 9.82 Å². The highest BCUT2D eigenvalue weighted by Crippen LogP contribution is 2.29. The van der Waals surface area contributed by atoms with E-state index in [1.165, 1.54) is 24.3 Å². The number of rotatable bonds is 5. The van der Waals surface area contributed by atoms with Crippen LogP contribution in [0.1, 0.15) is 0 Å². The van der Waals surface area contributed by atoms with Crippen LogP contribution in [0.15, 0.2) is 82.6 Å². The summed E-state index contributed by atoms with van der Waals surface area (Å²) in [5.41, 5.74) is 2.79. The molecular weight excluding hydrogens is 410 g/mol. The number of nitrogens with zero attached hydrogens (tertiary/aromatic N) is 1. The van der Waals surface area contributed by atoms with Crippen LogP contribution in [0.3, 0.4) is 0 Å². The van der Waals surface area contributed by atoms with E-state index in [4.69, 9.17) is 0 Å². The van der Waals surface area contributed by atoms with Crippen molar-refractivity contribution in [2.24, 2.45) is 0 Å². The Morgan fingerprint density at radius 3 is 2.14 bits per heavy atom. The molecule has 0 bridgehead atoms. The highest BCUT2D eigenvalue weighted by Gasteiger charge is 2.17. The number of hydrogen-bond acceptors (Lipinski definition) is 5. The minimum atomic E-state index is -3.88. The molecule has 4 rings (SSSR count). The number of fused-ring (bicyclic) bond motifs is 1. The van der Waals surface area contributed by atoms with Crippen LogP contribution in [-0.2, 0) is 19.9 Å². The van der Waals surface area contributed by atoms with Crippen molar-refractivity contribution < 1.29 is 16.8 Å². The summed E-state index contributed by atoms with van der Waals surface area (Å²) in [6.07, 6.45) is 1.07. The van der Waals surface area contributed by atoms with E-state index in [-0.39, 0.29) is 9.79 Å². The Morgan fingerprint density at radius 1 is 0.828 bits per heavy atom. The topological polar surface area (TPSA) is 109 Å². The lowest BCUT2D eigenvalue weighted by Gasteiger charge is -2.09. The number of nitrogens with one attached hydrogen (secondary N) is 2. The standard InChI is InChI=1S/C20H17N3O4S2/c1-28(24,25)16-8-10-17(11-9-16)29(26,27)23-15-7-12-19-18(13-15)20(22-21-19)14-5-3-2-4-6-14/h2-13,23H,1H3,(H,21,22). The van der Waals surface area contributed by atoms with Crippen molar-refractivity contribution in [3.05, 3.63) is 72.8 Å². The van der Waals surface area contributed by atoms with Gasteiger partial charge in [-0.15, -0.1) is 0 Å². The summed E-state index contributed by atoms with van der Waals surface area (Å²) < 4.78 is 51.1. The van der Waals surface area contributed by atoms with Crippen LogP contribution in [0.4, 0.5) is 5.69 Å². The first-order chi connectivity index (χ1) is 13.7. The maximum atomic E-state index is 12.7. The Morgan fingerprint density at radius 2 is 1.48 bits per heavy atom. The number of H-pyrrole nitrogens is 1. The lowest BCUT2D eigenvalue weighted by Crippen LogP contribution is -2.13. The van der Waals surface area contributed by atoms with Gasteiger partial charge < -0.3 is 0 Å². The van der Waals surface area contributed by atoms with E-state index in [1.54, 1.807) is 18.2 Å². The first-order valence-electron chi connectivity index (χ1n) is 8.60. The Balaban J connectivity index is 1.68. The first-order valence-corrected chi connectivity index (χ1v) is 12.0. The third-order valence-electron chi connectivity index (χ3n) is 4.42. The largest absolute Gasteiger partial charge is 0.280 e. The van der Waals surface area contributed by atoms with E-state index in [0.29, 0.717) is 5.69 Å². The monoisotopic (exact) mass is 427 g/mol. The van der Waals surface area contributed by atoms with Gasteiger partial charge in [0.2, 0.25) is 0 Å². The highest BCUT2D eigenvalue weighted by molar-refractivity contribution is 7.92. The second kappa shape index (κ2) is 7.02. The summed E-state index contributed by atoms with van der Waals surface area (Å²) in [5, 5.41) is 8.06. The Bertz CT molecular complexity index is 1390. The predicted octanol–water partition coefficient (Wildman–Crippen LogP) is 3.43. The summed E-state index contributed by atoms with van der Waals surface area (Å²) in [7, 11) is -7.28. The second-order valence-electron chi connectivity index (χ2n) is 6.55. The summed E-state index contributed by atoms with van der Waals surface area (Å²) in [6, 6.07) is 19.8. The van der Waals surface area contributed by atoms with Gasteiger partial charge in [-0.1, -0.05) is 30.3 Å². The third-order valence-corrected chi connectivity index (χ3v) is 6.95. The number of sulfone groups is 1. The average Bonchev–Trinajstić information content (AvgIpc) is 3.11. The smallest absolute Gasteiger partial charge is 0.261 e. The molecule has 0 aliphatic heterocycles. The van der Waals surface area contributed by atoms with Crippen LogP contribution in [0.5, 0.6) is 0 Å². The quantitative estimate of drug-likeness (QED) is 0.507. The van der Waals surface area contributed by atoms with Crippen LogP contribution >= 0.6 is 0 Å². The van der Waals surface area contributed by atoms with Crippen molar-refractivity contribution in [2.45, 2.75) is 9.79 Å². The van der Waals surface area contributed by atoms with E-state index in [0.717, 1.165) is 28.4 Å². The molecule has 0 amide bonds. The molecule has 0 fully saturated rings. The zero-order valence-corrected chi connectivity index (χ0v) is 17.0. The van der Waals surface area contributed by atoms with Crippen LogP contribution in [-0.4, -0.2) is 33.3 Å². The number of anilines is 1. The molecule has 2 N–H and O–H groups in total. The molecule has 0 saturated carbocycles. The van der Waals surface area contributed by atoms with Gasteiger partial charge in [0.1, 0.15) is 0 Å². The maximum absolute atomic E-state index is 12.7. The number of hydrogen-bond donors (Lipinski definition) is 2. The molecule has 148 valence electrons. The molecule has 0 aliphatic rings. The molecule has 29 heavy (non-hydrogen) atoms. The van der Waals surface area contributed by atoms with Crippen molar-refractivity contribution in [1.29, 1.82) is 0 Å². The Kier molecular flexibility index (Phi) is 4.64. The van der Waals surface area contributed by atoms with Crippen molar-refractivity contribution in [3.63, 3.8) is 0 Å². The van der Waals surface area contributed by atoms with Crippen LogP contribution in [0.25, 0.3) is 22.2 Å². The predicted molar refractivity (Wildman–Crippen MR) is 112 cm³/mol. The number of benzene rings is 3. The average molecular weight is 428 g/mol. The second-order valence-corrected chi connectivity index (χ2v) is 10.2. The van der Waals surface area contributed by atoms with Crippen molar-refractivity contribution in [3.8, 4) is 11.3 Å². The fourth-order valence-electron chi connectivity index (χ4n) is 2.97. The normalized spacial score (nSPS) is 12.2. The number of aromatic amines is 1. The van der Waals surface area contributed by atoms with E-state index in [1.807, 2.05) is 30.3 Å². The molecule has 7 nitrogen and oxygen atoms in total. The highest BCUT2D eigenvalue weighted by atomic mass is 32.2. The van der Waals surface area contributed by atoms with E-state index in [9.17, 15) is 16.8 Å². The molecular formula is C20H17N3O4S2. The molecule has 4 aromatic rings. The van der Waals surface area contributed by atoms with Gasteiger partial charge in [0.25, 0.3) is 10.0 Å². The van der Waals surface area contributed by atoms with E-state index >= 15 is 0 Å². The lowest BCUT2D eigenvalue weighted by molar-refractivity contribution is 0.597. The number of sulfonamides is 1. The van der Waals surface area contributed by atoms with Gasteiger partial charge in [0, 0.05) is 22.9 Å². The summed E-state index contributed by atoms with van der Waals surface area (Å²) in [6.45, 7) is 0. The summed E-state index contributed by atoms with van der Waals surface area (Å²) in [5.74, 6) is 0. The van der Waals surface area contributed by atoms with Crippen LogP contribution < -0.4 is 4.72 Å². The van der Waals surface area contributed by atoms with Gasteiger partial charge in [0.05, 0.1) is 21.0 Å². The van der Waals surface area contributed by atoms with Gasteiger partial charge in [0.15, 0.2) is 9.84 Å². The van der Waals surface area contributed by atoms with Crippen molar-refractivity contribution in [1.82, 2.24) is 10.2 Å². The van der Waals surface area contributed by atoms with E-state index < -0.39 is 19.9 Å². The van der Waals surface area contributed by atoms with Crippen molar-refractivity contribution in [2.75, 3.05) is 11.0 Å². The molecule has 0 radical (unpaired) electrons. The first kappa shape index (κ1) is 19.2. The molecule has 0 atom stereocenters. The SMILES string of the molecule is CS(=O)(=O)c1ccc(S(=O)(=O)Nc2ccc3[nH]nc(-c4ccccc4)c3c2)cc1. The van der Waals surface area contributed by atoms with Gasteiger partial charge in [-0.2, -0.15) is 5.10 Å². The fraction of sp³-hybridized carbons (Fsp3) is 0.0500. The fourth-order valence-corrected chi connectivity index (χ4v) is 4.65. The van der Waals surface area contributed by atoms with Gasteiger partial charge in [-0.25, -0.2) is 16.8 Å². The molecule has 0 aliphatic carbocycles. The molecule has 1 aromatic heterocycles. The third kappa shape index (κ3) is 3.87. The molecule has 9 heteroatoms.